The van der Waals surface area contributed by atoms with Gasteiger partial charge < -0.3 is 5.11 Å². The number of hydrogen-bond donors (Lipinski definition) is 1. The van der Waals surface area contributed by atoms with Crippen LogP contribution in [0.3, 0.4) is 0 Å². The molecule has 0 aromatic heterocycles. The summed E-state index contributed by atoms with van der Waals surface area (Å²) in [5.74, 6) is -1.16. The highest BCUT2D eigenvalue weighted by atomic mass is 35.5. The van der Waals surface area contributed by atoms with Crippen molar-refractivity contribution < 1.29 is 13.9 Å². The van der Waals surface area contributed by atoms with Crippen molar-refractivity contribution in [1.82, 2.24) is 0 Å². The molecule has 4 heteroatoms. The molecule has 72 valence electrons. The molecule has 0 aliphatic heterocycles. The molecule has 1 unspecified atom stereocenters. The van der Waals surface area contributed by atoms with Crippen molar-refractivity contribution in [3.63, 3.8) is 0 Å². The lowest BCUT2D eigenvalue weighted by Crippen LogP contribution is -2.01. The van der Waals surface area contributed by atoms with Crippen LogP contribution in [-0.2, 0) is 0 Å². The monoisotopic (exact) mass is 206 g/mol. The molecule has 0 spiro atoms. The Morgan fingerprint density at radius 3 is 2.62 bits per heavy atom. The van der Waals surface area contributed by atoms with E-state index in [4.69, 9.17) is 11.6 Å². The zero-order valence-corrected chi connectivity index (χ0v) is 7.56. The number of halogens is 3. The summed E-state index contributed by atoms with van der Waals surface area (Å²) >= 11 is 5.37. The summed E-state index contributed by atoms with van der Waals surface area (Å²) in [6.07, 6.45) is -0.706. The molecule has 0 radical (unpaired) electrons. The molecule has 0 bridgehead atoms. The molecule has 0 aliphatic rings. The largest absolute Gasteiger partial charge is 0.388 e. The van der Waals surface area contributed by atoms with Gasteiger partial charge in [0.05, 0.1) is 6.10 Å². The van der Waals surface area contributed by atoms with Crippen LogP contribution in [0.5, 0.6) is 0 Å². The van der Waals surface area contributed by atoms with Crippen molar-refractivity contribution in [2.24, 2.45) is 0 Å². The third-order valence-corrected chi connectivity index (χ3v) is 1.92. The Morgan fingerprint density at radius 1 is 1.38 bits per heavy atom. The lowest BCUT2D eigenvalue weighted by atomic mass is 10.1. The molecule has 13 heavy (non-hydrogen) atoms. The summed E-state index contributed by atoms with van der Waals surface area (Å²) in [5, 5.41) is 9.35. The molecule has 1 N–H and O–H groups in total. The normalized spacial score (nSPS) is 12.9. The Kier molecular flexibility index (Phi) is 3.63. The van der Waals surface area contributed by atoms with Crippen LogP contribution in [0.2, 0.25) is 0 Å². The first-order valence-electron chi connectivity index (χ1n) is 3.84. The average Bonchev–Trinajstić information content (AvgIpc) is 2.04. The van der Waals surface area contributed by atoms with Crippen LogP contribution in [0.1, 0.15) is 18.1 Å². The Hall–Kier alpha value is -0.670. The maximum Gasteiger partial charge on any atom is 0.131 e. The zero-order valence-electron chi connectivity index (χ0n) is 6.80. The predicted octanol–water partition coefficient (Wildman–Crippen LogP) is 2.63. The number of alkyl halides is 1. The van der Waals surface area contributed by atoms with Gasteiger partial charge in [-0.15, -0.1) is 11.6 Å². The quantitative estimate of drug-likeness (QED) is 0.754. The molecule has 1 aromatic rings. The van der Waals surface area contributed by atoms with Crippen molar-refractivity contribution in [2.75, 3.05) is 5.88 Å². The summed E-state index contributed by atoms with van der Waals surface area (Å²) < 4.78 is 25.4. The van der Waals surface area contributed by atoms with E-state index in [1.807, 2.05) is 0 Å². The standard InChI is InChI=1S/C9H9ClF2O/c10-4-3-9(13)7-2-1-6(11)5-8(7)12/h1-2,5,9,13H,3-4H2. The predicted molar refractivity (Wildman–Crippen MR) is 46.7 cm³/mol. The maximum atomic E-state index is 13.0. The highest BCUT2D eigenvalue weighted by Gasteiger charge is 2.12. The van der Waals surface area contributed by atoms with Gasteiger partial charge in [0.25, 0.3) is 0 Å². The summed E-state index contributed by atoms with van der Waals surface area (Å²) in [4.78, 5) is 0. The van der Waals surface area contributed by atoms with E-state index in [1.54, 1.807) is 0 Å². The summed E-state index contributed by atoms with van der Waals surface area (Å²) in [6, 6.07) is 3.07. The number of aliphatic hydroxyl groups is 1. The third-order valence-electron chi connectivity index (χ3n) is 1.70. The van der Waals surface area contributed by atoms with Gasteiger partial charge in [0.15, 0.2) is 0 Å². The SMILES string of the molecule is OC(CCCl)c1ccc(F)cc1F. The van der Waals surface area contributed by atoms with Crippen molar-refractivity contribution in [2.45, 2.75) is 12.5 Å². The highest BCUT2D eigenvalue weighted by molar-refractivity contribution is 6.17. The molecule has 0 aliphatic carbocycles. The van der Waals surface area contributed by atoms with Gasteiger partial charge in [-0.05, 0) is 12.5 Å². The Labute approximate surface area is 80.0 Å². The van der Waals surface area contributed by atoms with Gasteiger partial charge in [0, 0.05) is 17.5 Å². The van der Waals surface area contributed by atoms with E-state index in [9.17, 15) is 13.9 Å². The number of aliphatic hydroxyl groups excluding tert-OH is 1. The van der Waals surface area contributed by atoms with Gasteiger partial charge in [-0.3, -0.25) is 0 Å². The van der Waals surface area contributed by atoms with E-state index in [2.05, 4.69) is 0 Å². The number of hydrogen-bond acceptors (Lipinski definition) is 1. The van der Waals surface area contributed by atoms with Gasteiger partial charge in [-0.25, -0.2) is 8.78 Å². The van der Waals surface area contributed by atoms with Crippen LogP contribution in [0.25, 0.3) is 0 Å². The topological polar surface area (TPSA) is 20.2 Å². The molecule has 0 saturated carbocycles. The van der Waals surface area contributed by atoms with Crippen LogP contribution in [0.4, 0.5) is 8.78 Å². The molecule has 1 nitrogen and oxygen atoms in total. The fourth-order valence-corrected chi connectivity index (χ4v) is 1.24. The molecular formula is C9H9ClF2O. The van der Waals surface area contributed by atoms with Crippen molar-refractivity contribution in [3.8, 4) is 0 Å². The van der Waals surface area contributed by atoms with Crippen LogP contribution in [0.15, 0.2) is 18.2 Å². The van der Waals surface area contributed by atoms with Gasteiger partial charge in [0.1, 0.15) is 11.6 Å². The van der Waals surface area contributed by atoms with Crippen molar-refractivity contribution in [1.29, 1.82) is 0 Å². The van der Waals surface area contributed by atoms with Crippen LogP contribution in [-0.4, -0.2) is 11.0 Å². The van der Waals surface area contributed by atoms with E-state index in [0.717, 1.165) is 12.1 Å². The second-order valence-electron chi connectivity index (χ2n) is 2.66. The van der Waals surface area contributed by atoms with Gasteiger partial charge in [-0.2, -0.15) is 0 Å². The minimum atomic E-state index is -0.960. The second kappa shape index (κ2) is 4.53. The van der Waals surface area contributed by atoms with E-state index < -0.39 is 17.7 Å². The van der Waals surface area contributed by atoms with E-state index in [-0.39, 0.29) is 17.9 Å². The molecule has 1 rings (SSSR count). The van der Waals surface area contributed by atoms with E-state index in [1.165, 1.54) is 6.07 Å². The Balaban J connectivity index is 2.88. The fraction of sp³-hybridized carbons (Fsp3) is 0.333. The molecule has 0 heterocycles. The highest BCUT2D eigenvalue weighted by Crippen LogP contribution is 2.20. The second-order valence-corrected chi connectivity index (χ2v) is 3.04. The summed E-state index contributed by atoms with van der Waals surface area (Å²) in [7, 11) is 0. The van der Waals surface area contributed by atoms with Gasteiger partial charge >= 0.3 is 0 Å². The fourth-order valence-electron chi connectivity index (χ4n) is 1.03. The molecule has 0 saturated heterocycles. The molecular weight excluding hydrogens is 198 g/mol. The average molecular weight is 207 g/mol. The summed E-state index contributed by atoms with van der Waals surface area (Å²) in [6.45, 7) is 0. The Bertz CT molecular complexity index is 291. The third kappa shape index (κ3) is 2.64. The molecule has 1 aromatic carbocycles. The lowest BCUT2D eigenvalue weighted by molar-refractivity contribution is 0.169. The van der Waals surface area contributed by atoms with Crippen molar-refractivity contribution >= 4 is 11.6 Å². The van der Waals surface area contributed by atoms with Crippen LogP contribution < -0.4 is 0 Å². The Morgan fingerprint density at radius 2 is 2.08 bits per heavy atom. The molecule has 0 amide bonds. The van der Waals surface area contributed by atoms with Crippen LogP contribution >= 0.6 is 11.6 Å². The first-order chi connectivity index (χ1) is 6.15. The van der Waals surface area contributed by atoms with Crippen molar-refractivity contribution in [3.05, 3.63) is 35.4 Å². The zero-order chi connectivity index (χ0) is 9.84. The van der Waals surface area contributed by atoms with E-state index in [0.29, 0.717) is 0 Å². The smallest absolute Gasteiger partial charge is 0.131 e. The maximum absolute atomic E-state index is 13.0. The number of benzene rings is 1. The number of rotatable bonds is 3. The minimum Gasteiger partial charge on any atom is -0.388 e. The van der Waals surface area contributed by atoms with Crippen LogP contribution in [0, 0.1) is 11.6 Å². The van der Waals surface area contributed by atoms with Gasteiger partial charge in [-0.1, -0.05) is 6.07 Å². The van der Waals surface area contributed by atoms with E-state index >= 15 is 0 Å². The molecule has 0 fully saturated rings. The first-order valence-corrected chi connectivity index (χ1v) is 4.37. The first kappa shape index (κ1) is 10.4. The van der Waals surface area contributed by atoms with Gasteiger partial charge in [0.2, 0.25) is 0 Å². The molecule has 1 atom stereocenters. The summed E-state index contributed by atoms with van der Waals surface area (Å²) in [5.41, 5.74) is 0.0852. The lowest BCUT2D eigenvalue weighted by Gasteiger charge is -2.09. The minimum absolute atomic E-state index is 0.0852.